The summed E-state index contributed by atoms with van der Waals surface area (Å²) in [4.78, 5) is 27.8. The molecule has 1 aliphatic carbocycles. The SMILES string of the molecule is Cn1cc2cccc(C(=O)N[C@H]3CC[C@H](N4C(=O)OC(C)(C)[C@@H]4c4ccccc4)CC3)c2n1. The fourth-order valence-corrected chi connectivity index (χ4v) is 5.44. The molecule has 0 bridgehead atoms. The maximum atomic E-state index is 13.0. The zero-order chi connectivity index (χ0) is 23.2. The lowest BCUT2D eigenvalue weighted by molar-refractivity contribution is 0.0663. The molecule has 2 heterocycles. The molecule has 1 atom stereocenters. The third kappa shape index (κ3) is 3.96. The van der Waals surface area contributed by atoms with Gasteiger partial charge < -0.3 is 10.1 Å². The fraction of sp³-hybridized carbons (Fsp3) is 0.423. The molecule has 2 aliphatic rings. The van der Waals surface area contributed by atoms with Gasteiger partial charge in [0.2, 0.25) is 0 Å². The lowest BCUT2D eigenvalue weighted by atomic mass is 9.86. The molecule has 2 amide bonds. The monoisotopic (exact) mass is 446 g/mol. The van der Waals surface area contributed by atoms with E-state index in [0.29, 0.717) is 5.56 Å². The molecule has 1 N–H and O–H groups in total. The predicted octanol–water partition coefficient (Wildman–Crippen LogP) is 4.59. The lowest BCUT2D eigenvalue weighted by Crippen LogP contribution is -2.46. The molecular weight excluding hydrogens is 416 g/mol. The van der Waals surface area contributed by atoms with Crippen LogP contribution in [0.4, 0.5) is 4.79 Å². The van der Waals surface area contributed by atoms with Crippen LogP contribution in [0.5, 0.6) is 0 Å². The number of hydrogen-bond donors (Lipinski definition) is 1. The first-order valence-electron chi connectivity index (χ1n) is 11.6. The molecule has 2 fully saturated rings. The summed E-state index contributed by atoms with van der Waals surface area (Å²) in [6.45, 7) is 3.96. The van der Waals surface area contributed by atoms with E-state index < -0.39 is 5.60 Å². The number of benzene rings is 2. The first kappa shape index (κ1) is 21.5. The van der Waals surface area contributed by atoms with Crippen LogP contribution in [0.3, 0.4) is 0 Å². The lowest BCUT2D eigenvalue weighted by Gasteiger charge is -2.38. The minimum absolute atomic E-state index is 0.0783. The summed E-state index contributed by atoms with van der Waals surface area (Å²) in [5.74, 6) is -0.0911. The van der Waals surface area contributed by atoms with E-state index >= 15 is 0 Å². The molecule has 2 aromatic carbocycles. The van der Waals surface area contributed by atoms with Crippen molar-refractivity contribution in [3.63, 3.8) is 0 Å². The van der Waals surface area contributed by atoms with Gasteiger partial charge in [-0.1, -0.05) is 42.5 Å². The van der Waals surface area contributed by atoms with Crippen molar-refractivity contribution in [1.29, 1.82) is 0 Å². The molecule has 7 nitrogen and oxygen atoms in total. The van der Waals surface area contributed by atoms with Gasteiger partial charge >= 0.3 is 6.09 Å². The van der Waals surface area contributed by atoms with Gasteiger partial charge in [0.1, 0.15) is 11.1 Å². The number of carbonyl (C=O) groups is 2. The van der Waals surface area contributed by atoms with Gasteiger partial charge in [-0.25, -0.2) is 4.79 Å². The Bertz CT molecular complexity index is 1180. The molecule has 1 aliphatic heterocycles. The third-order valence-electron chi connectivity index (χ3n) is 6.93. The van der Waals surface area contributed by atoms with Gasteiger partial charge in [0, 0.05) is 30.7 Å². The van der Waals surface area contributed by atoms with E-state index in [-0.39, 0.29) is 30.1 Å². The Morgan fingerprint density at radius 3 is 2.52 bits per heavy atom. The molecule has 1 saturated carbocycles. The Hall–Kier alpha value is -3.35. The van der Waals surface area contributed by atoms with Crippen LogP contribution in [0, 0.1) is 0 Å². The molecular formula is C26H30N4O3. The number of fused-ring (bicyclic) bond motifs is 1. The number of rotatable bonds is 4. The molecule has 1 saturated heterocycles. The first-order chi connectivity index (χ1) is 15.8. The van der Waals surface area contributed by atoms with Crippen LogP contribution in [-0.2, 0) is 11.8 Å². The number of aryl methyl sites for hydroxylation is 1. The van der Waals surface area contributed by atoms with Gasteiger partial charge in [-0.05, 0) is 51.2 Å². The molecule has 7 heteroatoms. The maximum Gasteiger partial charge on any atom is 0.411 e. The Kier molecular flexibility index (Phi) is 5.35. The summed E-state index contributed by atoms with van der Waals surface area (Å²) >= 11 is 0. The normalized spacial score (nSPS) is 24.6. The highest BCUT2D eigenvalue weighted by molar-refractivity contribution is 6.05. The zero-order valence-electron chi connectivity index (χ0n) is 19.3. The van der Waals surface area contributed by atoms with Gasteiger partial charge in [-0.15, -0.1) is 0 Å². The molecule has 172 valence electrons. The minimum atomic E-state index is -0.592. The van der Waals surface area contributed by atoms with Gasteiger partial charge in [-0.2, -0.15) is 5.10 Å². The summed E-state index contributed by atoms with van der Waals surface area (Å²) < 4.78 is 7.51. The number of aromatic nitrogens is 2. The summed E-state index contributed by atoms with van der Waals surface area (Å²) in [7, 11) is 1.86. The highest BCUT2D eigenvalue weighted by Crippen LogP contribution is 2.44. The summed E-state index contributed by atoms with van der Waals surface area (Å²) in [5, 5.41) is 8.60. The number of cyclic esters (lactones) is 1. The fourth-order valence-electron chi connectivity index (χ4n) is 5.44. The Balaban J connectivity index is 1.27. The van der Waals surface area contributed by atoms with E-state index in [1.807, 2.05) is 68.4 Å². The van der Waals surface area contributed by atoms with Gasteiger partial charge in [-0.3, -0.25) is 14.4 Å². The number of carbonyl (C=O) groups excluding carboxylic acids is 2. The summed E-state index contributed by atoms with van der Waals surface area (Å²) in [6, 6.07) is 15.8. The van der Waals surface area contributed by atoms with E-state index in [1.165, 1.54) is 0 Å². The number of hydrogen-bond acceptors (Lipinski definition) is 4. The predicted molar refractivity (Wildman–Crippen MR) is 126 cm³/mol. The molecule has 3 aromatic rings. The second-order valence-corrected chi connectivity index (χ2v) is 9.72. The number of nitrogens with zero attached hydrogens (tertiary/aromatic N) is 3. The van der Waals surface area contributed by atoms with Crippen LogP contribution in [0.2, 0.25) is 0 Å². The molecule has 1 aromatic heterocycles. The minimum Gasteiger partial charge on any atom is -0.441 e. The van der Waals surface area contributed by atoms with Crippen molar-refractivity contribution in [2.75, 3.05) is 0 Å². The molecule has 5 rings (SSSR count). The van der Waals surface area contributed by atoms with Crippen molar-refractivity contribution in [2.45, 2.75) is 63.3 Å². The van der Waals surface area contributed by atoms with Crippen LogP contribution < -0.4 is 5.32 Å². The first-order valence-corrected chi connectivity index (χ1v) is 11.6. The quantitative estimate of drug-likeness (QED) is 0.636. The van der Waals surface area contributed by atoms with Crippen LogP contribution in [0.1, 0.15) is 61.5 Å². The standard InChI is InChI=1S/C26H30N4O3/c1-26(2)23(17-8-5-4-6-9-17)30(25(32)33-26)20-14-12-19(13-15-20)27-24(31)21-11-7-10-18-16-29(3)28-22(18)21/h4-11,16,19-20,23H,12-15H2,1-3H3,(H,27,31)/t19-,20-,23-/m0/s1. The molecule has 0 radical (unpaired) electrons. The van der Waals surface area contributed by atoms with Crippen molar-refractivity contribution < 1.29 is 14.3 Å². The highest BCUT2D eigenvalue weighted by atomic mass is 16.6. The number of nitrogens with one attached hydrogen (secondary N) is 1. The van der Waals surface area contributed by atoms with Crippen LogP contribution in [0.25, 0.3) is 10.9 Å². The zero-order valence-corrected chi connectivity index (χ0v) is 19.3. The van der Waals surface area contributed by atoms with Crippen molar-refractivity contribution in [3.05, 3.63) is 65.9 Å². The maximum absolute atomic E-state index is 13.0. The van der Waals surface area contributed by atoms with Gasteiger partial charge in [0.25, 0.3) is 5.91 Å². The van der Waals surface area contributed by atoms with E-state index in [2.05, 4.69) is 22.5 Å². The van der Waals surface area contributed by atoms with E-state index in [4.69, 9.17) is 4.74 Å². The smallest absolute Gasteiger partial charge is 0.411 e. The van der Waals surface area contributed by atoms with Crippen molar-refractivity contribution >= 4 is 22.9 Å². The van der Waals surface area contributed by atoms with E-state index in [9.17, 15) is 9.59 Å². The van der Waals surface area contributed by atoms with Crippen molar-refractivity contribution in [2.24, 2.45) is 7.05 Å². The summed E-state index contributed by atoms with van der Waals surface area (Å²) in [5.41, 5.74) is 1.82. The number of ether oxygens (including phenoxy) is 1. The van der Waals surface area contributed by atoms with Gasteiger partial charge in [0.05, 0.1) is 11.6 Å². The second kappa shape index (κ2) is 8.21. The second-order valence-electron chi connectivity index (χ2n) is 9.72. The molecule has 0 spiro atoms. The molecule has 0 unspecified atom stereocenters. The Morgan fingerprint density at radius 2 is 1.79 bits per heavy atom. The van der Waals surface area contributed by atoms with E-state index in [0.717, 1.165) is 42.1 Å². The highest BCUT2D eigenvalue weighted by Gasteiger charge is 2.51. The van der Waals surface area contributed by atoms with Gasteiger partial charge in [0.15, 0.2) is 0 Å². The average Bonchev–Trinajstić information content (AvgIpc) is 3.29. The van der Waals surface area contributed by atoms with Crippen molar-refractivity contribution in [1.82, 2.24) is 20.0 Å². The van der Waals surface area contributed by atoms with E-state index in [1.54, 1.807) is 4.68 Å². The average molecular weight is 447 g/mol. The van der Waals surface area contributed by atoms with Crippen LogP contribution in [0.15, 0.2) is 54.7 Å². The Morgan fingerprint density at radius 1 is 1.06 bits per heavy atom. The topological polar surface area (TPSA) is 76.5 Å². The number of amides is 2. The summed E-state index contributed by atoms with van der Waals surface area (Å²) in [6.07, 6.45) is 4.96. The van der Waals surface area contributed by atoms with Crippen molar-refractivity contribution in [3.8, 4) is 0 Å². The third-order valence-corrected chi connectivity index (χ3v) is 6.93. The largest absolute Gasteiger partial charge is 0.441 e. The van der Waals surface area contributed by atoms with Crippen LogP contribution >= 0.6 is 0 Å². The molecule has 33 heavy (non-hydrogen) atoms. The van der Waals surface area contributed by atoms with Crippen LogP contribution in [-0.4, -0.2) is 44.4 Å². The Labute approximate surface area is 193 Å².